The lowest BCUT2D eigenvalue weighted by Crippen LogP contribution is -2.42. The number of ketones is 1. The van der Waals surface area contributed by atoms with E-state index in [1.807, 2.05) is 30.3 Å². The van der Waals surface area contributed by atoms with E-state index >= 15 is 0 Å². The van der Waals surface area contributed by atoms with Crippen LogP contribution < -0.4 is 5.73 Å². The third kappa shape index (κ3) is 3.01. The van der Waals surface area contributed by atoms with Crippen LogP contribution in [0.3, 0.4) is 0 Å². The van der Waals surface area contributed by atoms with Crippen LogP contribution in [-0.4, -0.2) is 10.9 Å². The molecule has 19 heavy (non-hydrogen) atoms. The van der Waals surface area contributed by atoms with Crippen molar-refractivity contribution in [3.63, 3.8) is 0 Å². The van der Waals surface area contributed by atoms with E-state index in [4.69, 9.17) is 5.73 Å². The molecule has 3 N–H and O–H groups in total. The van der Waals surface area contributed by atoms with Crippen molar-refractivity contribution in [1.82, 2.24) is 0 Å². The van der Waals surface area contributed by atoms with Crippen LogP contribution in [0.5, 0.6) is 5.75 Å². The predicted molar refractivity (Wildman–Crippen MR) is 74.8 cm³/mol. The topological polar surface area (TPSA) is 63.3 Å². The Morgan fingerprint density at radius 3 is 2.26 bits per heavy atom. The number of nitrogens with two attached hydrogens (primary N) is 1. The van der Waals surface area contributed by atoms with Crippen molar-refractivity contribution in [3.05, 3.63) is 65.7 Å². The maximum absolute atomic E-state index is 12.3. The van der Waals surface area contributed by atoms with Crippen molar-refractivity contribution in [2.45, 2.75) is 18.9 Å². The normalized spacial score (nSPS) is 13.8. The third-order valence-electron chi connectivity index (χ3n) is 3.25. The molecule has 3 heteroatoms. The summed E-state index contributed by atoms with van der Waals surface area (Å²) in [6, 6.07) is 15.9. The van der Waals surface area contributed by atoms with E-state index in [1.165, 1.54) is 0 Å². The molecule has 0 heterocycles. The van der Waals surface area contributed by atoms with Gasteiger partial charge in [-0.05, 0) is 30.2 Å². The molecule has 0 saturated carbocycles. The number of hydrogen-bond acceptors (Lipinski definition) is 3. The summed E-state index contributed by atoms with van der Waals surface area (Å²) in [6.07, 6.45) is 0.252. The van der Waals surface area contributed by atoms with Crippen LogP contribution in [0.15, 0.2) is 54.6 Å². The van der Waals surface area contributed by atoms with Gasteiger partial charge in [-0.15, -0.1) is 0 Å². The fraction of sp³-hybridized carbons (Fsp3) is 0.188. The van der Waals surface area contributed by atoms with Crippen LogP contribution in [0.1, 0.15) is 18.1 Å². The van der Waals surface area contributed by atoms with Gasteiger partial charge >= 0.3 is 0 Å². The third-order valence-corrected chi connectivity index (χ3v) is 3.25. The molecule has 0 aromatic heterocycles. The number of rotatable bonds is 4. The van der Waals surface area contributed by atoms with Gasteiger partial charge in [0.15, 0.2) is 5.78 Å². The first kappa shape index (κ1) is 13.3. The largest absolute Gasteiger partial charge is 0.508 e. The van der Waals surface area contributed by atoms with Crippen LogP contribution in [-0.2, 0) is 16.8 Å². The molecule has 1 unspecified atom stereocenters. The van der Waals surface area contributed by atoms with E-state index in [1.54, 1.807) is 31.2 Å². The second-order valence-corrected chi connectivity index (χ2v) is 4.83. The van der Waals surface area contributed by atoms with Gasteiger partial charge in [0, 0.05) is 6.42 Å². The predicted octanol–water partition coefficient (Wildman–Crippen LogP) is 2.38. The lowest BCUT2D eigenvalue weighted by Gasteiger charge is -2.23. The first-order chi connectivity index (χ1) is 9.00. The zero-order valence-corrected chi connectivity index (χ0v) is 10.8. The van der Waals surface area contributed by atoms with Crippen molar-refractivity contribution in [1.29, 1.82) is 0 Å². The summed E-state index contributed by atoms with van der Waals surface area (Å²) in [5.74, 6) is 0.138. The van der Waals surface area contributed by atoms with E-state index in [2.05, 4.69) is 0 Å². The summed E-state index contributed by atoms with van der Waals surface area (Å²) in [6.45, 7) is 1.73. The lowest BCUT2D eigenvalue weighted by atomic mass is 9.86. The van der Waals surface area contributed by atoms with Gasteiger partial charge < -0.3 is 10.8 Å². The molecule has 0 amide bonds. The van der Waals surface area contributed by atoms with E-state index in [-0.39, 0.29) is 18.0 Å². The van der Waals surface area contributed by atoms with Gasteiger partial charge in [0.2, 0.25) is 0 Å². The van der Waals surface area contributed by atoms with Crippen molar-refractivity contribution in [2.24, 2.45) is 5.73 Å². The summed E-state index contributed by atoms with van der Waals surface area (Å²) in [4.78, 5) is 12.3. The van der Waals surface area contributed by atoms with Crippen molar-refractivity contribution >= 4 is 5.78 Å². The zero-order valence-electron chi connectivity index (χ0n) is 10.8. The SMILES string of the molecule is CC(N)(C(=O)Cc1ccc(O)cc1)c1ccccc1. The number of carbonyl (C=O) groups excluding carboxylic acids is 1. The summed E-state index contributed by atoms with van der Waals surface area (Å²) in [5.41, 5.74) is 6.81. The average Bonchev–Trinajstić information content (AvgIpc) is 2.42. The highest BCUT2D eigenvalue weighted by Crippen LogP contribution is 2.21. The van der Waals surface area contributed by atoms with Gasteiger partial charge in [-0.2, -0.15) is 0 Å². The van der Waals surface area contributed by atoms with Gasteiger partial charge in [0.1, 0.15) is 5.75 Å². The van der Waals surface area contributed by atoms with Crippen molar-refractivity contribution < 1.29 is 9.90 Å². The highest BCUT2D eigenvalue weighted by Gasteiger charge is 2.29. The fourth-order valence-corrected chi connectivity index (χ4v) is 1.93. The second kappa shape index (κ2) is 5.24. The fourth-order valence-electron chi connectivity index (χ4n) is 1.93. The summed E-state index contributed by atoms with van der Waals surface area (Å²) in [5, 5.41) is 9.22. The molecule has 0 bridgehead atoms. The molecule has 1 atom stereocenters. The number of benzene rings is 2. The summed E-state index contributed by atoms with van der Waals surface area (Å²) < 4.78 is 0. The Balaban J connectivity index is 2.17. The molecule has 2 aromatic carbocycles. The first-order valence-electron chi connectivity index (χ1n) is 6.16. The Morgan fingerprint density at radius 1 is 1.11 bits per heavy atom. The Hall–Kier alpha value is -2.13. The number of phenols is 1. The molecule has 3 nitrogen and oxygen atoms in total. The van der Waals surface area contributed by atoms with E-state index in [0.717, 1.165) is 11.1 Å². The first-order valence-corrected chi connectivity index (χ1v) is 6.16. The van der Waals surface area contributed by atoms with Crippen LogP contribution in [0.2, 0.25) is 0 Å². The average molecular weight is 255 g/mol. The van der Waals surface area contributed by atoms with Gasteiger partial charge in [-0.3, -0.25) is 4.79 Å². The van der Waals surface area contributed by atoms with E-state index in [9.17, 15) is 9.90 Å². The molecule has 0 fully saturated rings. The molecule has 0 saturated heterocycles. The minimum Gasteiger partial charge on any atom is -0.508 e. The Kier molecular flexibility index (Phi) is 3.67. The number of carbonyl (C=O) groups is 1. The van der Waals surface area contributed by atoms with E-state index in [0.29, 0.717) is 0 Å². The molecule has 2 aromatic rings. The minimum atomic E-state index is -1.00. The van der Waals surface area contributed by atoms with Crippen molar-refractivity contribution in [3.8, 4) is 5.75 Å². The zero-order chi connectivity index (χ0) is 13.9. The molecule has 0 aliphatic heterocycles. The Labute approximate surface area is 112 Å². The molecule has 98 valence electrons. The number of phenolic OH excluding ortho intramolecular Hbond substituents is 1. The summed E-state index contributed by atoms with van der Waals surface area (Å²) in [7, 11) is 0. The van der Waals surface area contributed by atoms with Gasteiger partial charge in [-0.25, -0.2) is 0 Å². The van der Waals surface area contributed by atoms with Gasteiger partial charge in [0.25, 0.3) is 0 Å². The van der Waals surface area contributed by atoms with Gasteiger partial charge in [-0.1, -0.05) is 42.5 Å². The molecule has 0 aliphatic carbocycles. The Morgan fingerprint density at radius 2 is 1.68 bits per heavy atom. The number of Topliss-reactive ketones (excluding diaryl/α,β-unsaturated/α-hetero) is 1. The molecular weight excluding hydrogens is 238 g/mol. The van der Waals surface area contributed by atoms with Crippen LogP contribution in [0.4, 0.5) is 0 Å². The van der Waals surface area contributed by atoms with Crippen molar-refractivity contribution in [2.75, 3.05) is 0 Å². The monoisotopic (exact) mass is 255 g/mol. The molecule has 0 spiro atoms. The number of aromatic hydroxyl groups is 1. The smallest absolute Gasteiger partial charge is 0.161 e. The minimum absolute atomic E-state index is 0.0515. The highest BCUT2D eigenvalue weighted by molar-refractivity contribution is 5.90. The quantitative estimate of drug-likeness (QED) is 0.881. The molecular formula is C16H17NO2. The molecule has 0 aliphatic rings. The van der Waals surface area contributed by atoms with Crippen LogP contribution in [0.25, 0.3) is 0 Å². The number of hydrogen-bond donors (Lipinski definition) is 2. The molecule has 2 rings (SSSR count). The standard InChI is InChI=1S/C16H17NO2/c1-16(17,13-5-3-2-4-6-13)15(19)11-12-7-9-14(18)10-8-12/h2-10,18H,11,17H2,1H3. The maximum Gasteiger partial charge on any atom is 0.161 e. The highest BCUT2D eigenvalue weighted by atomic mass is 16.3. The maximum atomic E-state index is 12.3. The van der Waals surface area contributed by atoms with Crippen LogP contribution >= 0.6 is 0 Å². The van der Waals surface area contributed by atoms with Gasteiger partial charge in [0.05, 0.1) is 5.54 Å². The van der Waals surface area contributed by atoms with E-state index < -0.39 is 5.54 Å². The molecule has 0 radical (unpaired) electrons. The Bertz CT molecular complexity index is 559. The van der Waals surface area contributed by atoms with Crippen LogP contribution in [0, 0.1) is 0 Å². The summed E-state index contributed by atoms with van der Waals surface area (Å²) >= 11 is 0. The second-order valence-electron chi connectivity index (χ2n) is 4.83. The lowest BCUT2D eigenvalue weighted by molar-refractivity contribution is -0.123.